The molecule has 0 amide bonds. The number of alkyl halides is 3. The van der Waals surface area contributed by atoms with Crippen LogP contribution < -0.4 is 4.74 Å². The number of fused-ring (bicyclic) bond motifs is 2. The molecule has 2 aromatic carbocycles. The summed E-state index contributed by atoms with van der Waals surface area (Å²) in [4.78, 5) is 2.70. The van der Waals surface area contributed by atoms with Gasteiger partial charge in [-0.2, -0.15) is 13.2 Å². The molecule has 30 heavy (non-hydrogen) atoms. The van der Waals surface area contributed by atoms with Gasteiger partial charge in [-0.1, -0.05) is 44.2 Å². The normalized spacial score (nSPS) is 16.4. The fourth-order valence-corrected chi connectivity index (χ4v) is 4.43. The Morgan fingerprint density at radius 2 is 1.83 bits per heavy atom. The number of nitrogens with one attached hydrogen (secondary N) is 1. The minimum Gasteiger partial charge on any atom is -0.493 e. The van der Waals surface area contributed by atoms with Crippen molar-refractivity contribution in [1.82, 2.24) is 4.98 Å². The van der Waals surface area contributed by atoms with Crippen molar-refractivity contribution in [2.24, 2.45) is 0 Å². The summed E-state index contributed by atoms with van der Waals surface area (Å²) in [5, 5.41) is 11.3. The van der Waals surface area contributed by atoms with Crippen molar-refractivity contribution in [3.05, 3.63) is 65.1 Å². The van der Waals surface area contributed by atoms with Gasteiger partial charge in [0.15, 0.2) is 5.60 Å². The molecule has 160 valence electrons. The van der Waals surface area contributed by atoms with Crippen LogP contribution in [0.4, 0.5) is 17.6 Å². The first-order valence-electron chi connectivity index (χ1n) is 9.81. The van der Waals surface area contributed by atoms with Crippen molar-refractivity contribution < 1.29 is 27.4 Å². The first kappa shape index (κ1) is 20.7. The second-order valence-electron chi connectivity index (χ2n) is 8.66. The molecule has 1 unspecified atom stereocenters. The summed E-state index contributed by atoms with van der Waals surface area (Å²) in [7, 11) is 0. The number of aliphatic hydroxyl groups is 1. The fourth-order valence-electron chi connectivity index (χ4n) is 4.43. The molecular weight excluding hydrogens is 398 g/mol. The number of hydrogen-bond donors (Lipinski definition) is 2. The fraction of sp³-hybridized carbons (Fsp3) is 0.391. The first-order valence-corrected chi connectivity index (χ1v) is 9.81. The van der Waals surface area contributed by atoms with E-state index in [0.717, 1.165) is 5.56 Å². The van der Waals surface area contributed by atoms with E-state index in [1.54, 1.807) is 32.0 Å². The van der Waals surface area contributed by atoms with Crippen LogP contribution in [-0.2, 0) is 18.3 Å². The third kappa shape index (κ3) is 3.55. The quantitative estimate of drug-likeness (QED) is 0.539. The predicted molar refractivity (Wildman–Crippen MR) is 106 cm³/mol. The van der Waals surface area contributed by atoms with Gasteiger partial charge < -0.3 is 14.8 Å². The molecule has 0 fully saturated rings. The molecular formula is C23H23F4NO2. The molecule has 1 aromatic heterocycles. The lowest BCUT2D eigenvalue weighted by Gasteiger charge is -2.38. The highest BCUT2D eigenvalue weighted by molar-refractivity contribution is 5.80. The zero-order valence-corrected chi connectivity index (χ0v) is 16.7. The minimum atomic E-state index is -4.88. The SMILES string of the molecule is CC(C)(CC(O)(Cc1cc2cccc(F)c2[nH]1)C(F)(F)F)c1cccc2c1OCC2. The smallest absolute Gasteiger partial charge is 0.417 e. The Morgan fingerprint density at radius 1 is 1.10 bits per heavy atom. The second kappa shape index (κ2) is 7.01. The van der Waals surface area contributed by atoms with E-state index in [9.17, 15) is 22.7 Å². The highest BCUT2D eigenvalue weighted by Gasteiger charge is 2.56. The standard InChI is InChI=1S/C23H23F4NO2/c1-21(2,17-7-3-5-14-9-10-30-20(14)17)13-22(29,23(25,26)27)12-16-11-15-6-4-8-18(24)19(15)28-16/h3-8,11,28-29H,9-10,12-13H2,1-2H3. The van der Waals surface area contributed by atoms with Gasteiger partial charge in [-0.15, -0.1) is 0 Å². The molecule has 4 rings (SSSR count). The van der Waals surface area contributed by atoms with Crippen LogP contribution in [0.5, 0.6) is 5.75 Å². The average molecular weight is 421 g/mol. The van der Waals surface area contributed by atoms with Crippen LogP contribution in [0.15, 0.2) is 42.5 Å². The average Bonchev–Trinajstić information content (AvgIpc) is 3.26. The van der Waals surface area contributed by atoms with Crippen LogP contribution in [0.2, 0.25) is 0 Å². The van der Waals surface area contributed by atoms with E-state index >= 15 is 0 Å². The monoisotopic (exact) mass is 421 g/mol. The maximum atomic E-state index is 14.1. The Labute approximate surface area is 171 Å². The third-order valence-electron chi connectivity index (χ3n) is 5.85. The Balaban J connectivity index is 1.70. The van der Waals surface area contributed by atoms with E-state index < -0.39 is 35.9 Å². The van der Waals surface area contributed by atoms with Gasteiger partial charge in [-0.3, -0.25) is 0 Å². The number of rotatable bonds is 5. The van der Waals surface area contributed by atoms with Gasteiger partial charge >= 0.3 is 6.18 Å². The molecule has 2 heterocycles. The third-order valence-corrected chi connectivity index (χ3v) is 5.85. The Bertz CT molecular complexity index is 1090. The van der Waals surface area contributed by atoms with Crippen LogP contribution in [-0.4, -0.2) is 28.5 Å². The van der Waals surface area contributed by atoms with Gasteiger partial charge in [0.05, 0.1) is 12.1 Å². The van der Waals surface area contributed by atoms with Crippen LogP contribution >= 0.6 is 0 Å². The number of ether oxygens (including phenoxy) is 1. The molecule has 3 aromatic rings. The summed E-state index contributed by atoms with van der Waals surface area (Å²) < 4.78 is 61.9. The number of H-pyrrole nitrogens is 1. The Hall–Kier alpha value is -2.54. The van der Waals surface area contributed by atoms with E-state index in [2.05, 4.69) is 4.98 Å². The molecule has 7 heteroatoms. The van der Waals surface area contributed by atoms with Crippen LogP contribution in [0.25, 0.3) is 10.9 Å². The largest absolute Gasteiger partial charge is 0.493 e. The van der Waals surface area contributed by atoms with Gasteiger partial charge in [-0.25, -0.2) is 4.39 Å². The summed E-state index contributed by atoms with van der Waals surface area (Å²) in [6, 6.07) is 11.2. The lowest BCUT2D eigenvalue weighted by molar-refractivity contribution is -0.266. The van der Waals surface area contributed by atoms with Gasteiger partial charge in [0.25, 0.3) is 0 Å². The molecule has 0 radical (unpaired) electrons. The van der Waals surface area contributed by atoms with Crippen molar-refractivity contribution in [1.29, 1.82) is 0 Å². The summed E-state index contributed by atoms with van der Waals surface area (Å²) in [6.45, 7) is 3.84. The van der Waals surface area contributed by atoms with Crippen molar-refractivity contribution in [2.45, 2.75) is 50.3 Å². The number of hydrogen-bond acceptors (Lipinski definition) is 2. The number of aromatic nitrogens is 1. The molecule has 0 saturated heterocycles. The van der Waals surface area contributed by atoms with E-state index in [1.807, 2.05) is 6.07 Å². The van der Waals surface area contributed by atoms with Crippen molar-refractivity contribution in [2.75, 3.05) is 6.61 Å². The second-order valence-corrected chi connectivity index (χ2v) is 8.66. The maximum absolute atomic E-state index is 14.1. The molecule has 1 aliphatic heterocycles. The van der Waals surface area contributed by atoms with Crippen molar-refractivity contribution in [3.8, 4) is 5.75 Å². The minimum absolute atomic E-state index is 0.125. The summed E-state index contributed by atoms with van der Waals surface area (Å²) in [5.74, 6) is 0.0614. The number of halogens is 4. The van der Waals surface area contributed by atoms with Gasteiger partial charge in [-0.05, 0) is 29.5 Å². The van der Waals surface area contributed by atoms with Gasteiger partial charge in [0.2, 0.25) is 0 Å². The molecule has 1 atom stereocenters. The van der Waals surface area contributed by atoms with E-state index in [-0.39, 0.29) is 11.2 Å². The van der Waals surface area contributed by atoms with Gasteiger partial charge in [0.1, 0.15) is 11.6 Å². The lowest BCUT2D eigenvalue weighted by atomic mass is 9.73. The van der Waals surface area contributed by atoms with Crippen LogP contribution in [0, 0.1) is 5.82 Å². The first-order chi connectivity index (χ1) is 14.0. The number of aromatic amines is 1. The summed E-state index contributed by atoms with van der Waals surface area (Å²) >= 11 is 0. The molecule has 0 saturated carbocycles. The van der Waals surface area contributed by atoms with Crippen molar-refractivity contribution >= 4 is 10.9 Å². The van der Waals surface area contributed by atoms with Crippen molar-refractivity contribution in [3.63, 3.8) is 0 Å². The zero-order chi connectivity index (χ0) is 21.7. The lowest BCUT2D eigenvalue weighted by Crippen LogP contribution is -2.51. The summed E-state index contributed by atoms with van der Waals surface area (Å²) in [5.41, 5.74) is -2.16. The maximum Gasteiger partial charge on any atom is 0.417 e. The topological polar surface area (TPSA) is 45.2 Å². The molecule has 0 bridgehead atoms. The Kier molecular flexibility index (Phi) is 4.84. The summed E-state index contributed by atoms with van der Waals surface area (Å²) in [6.07, 6.45) is -5.44. The van der Waals surface area contributed by atoms with Crippen LogP contribution in [0.1, 0.15) is 37.1 Å². The molecule has 0 spiro atoms. The van der Waals surface area contributed by atoms with E-state index in [1.165, 1.54) is 18.2 Å². The molecule has 0 aliphatic carbocycles. The van der Waals surface area contributed by atoms with Gasteiger partial charge in [0, 0.05) is 29.5 Å². The van der Waals surface area contributed by atoms with E-state index in [0.29, 0.717) is 29.7 Å². The highest BCUT2D eigenvalue weighted by Crippen LogP contribution is 2.46. The number of para-hydroxylation sites is 2. The molecule has 2 N–H and O–H groups in total. The van der Waals surface area contributed by atoms with Crippen LogP contribution in [0.3, 0.4) is 0 Å². The highest BCUT2D eigenvalue weighted by atomic mass is 19.4. The molecule has 1 aliphatic rings. The number of benzene rings is 2. The van der Waals surface area contributed by atoms with E-state index in [4.69, 9.17) is 4.74 Å². The zero-order valence-electron chi connectivity index (χ0n) is 16.7. The Morgan fingerprint density at radius 3 is 2.53 bits per heavy atom. The molecule has 3 nitrogen and oxygen atoms in total. The predicted octanol–water partition coefficient (Wildman–Crippen LogP) is 5.45.